The Morgan fingerprint density at radius 3 is 2.41 bits per heavy atom. The van der Waals surface area contributed by atoms with E-state index >= 15 is 0 Å². The van der Waals surface area contributed by atoms with Gasteiger partial charge in [-0.15, -0.1) is 0 Å². The second kappa shape index (κ2) is 6.91. The van der Waals surface area contributed by atoms with Crippen molar-refractivity contribution in [3.05, 3.63) is 0 Å². The highest BCUT2D eigenvalue weighted by molar-refractivity contribution is 7.80. The Morgan fingerprint density at radius 1 is 1.53 bits per heavy atom. The topological polar surface area (TPSA) is 55.6 Å². The summed E-state index contributed by atoms with van der Waals surface area (Å²) in [7, 11) is 1.75. The van der Waals surface area contributed by atoms with Gasteiger partial charge in [0.05, 0.1) is 23.1 Å². The van der Waals surface area contributed by atoms with Crippen molar-refractivity contribution < 1.29 is 9.53 Å². The Morgan fingerprint density at radius 2 is 2.06 bits per heavy atom. The number of nitrogens with zero attached hydrogens (tertiary/aromatic N) is 1. The van der Waals surface area contributed by atoms with Crippen LogP contribution >= 0.6 is 12.2 Å². The highest BCUT2D eigenvalue weighted by Gasteiger charge is 2.36. The molecule has 2 N–H and O–H groups in total. The molecule has 1 amide bonds. The fourth-order valence-electron chi connectivity index (χ4n) is 1.38. The number of thiocarbonyl (C=S) groups is 1. The van der Waals surface area contributed by atoms with Gasteiger partial charge in [-0.3, -0.25) is 4.79 Å². The average molecular weight is 260 g/mol. The molecule has 0 heterocycles. The number of nitrogens with two attached hydrogens (primary N) is 1. The summed E-state index contributed by atoms with van der Waals surface area (Å²) in [5, 5.41) is 0. The Bertz CT molecular complexity index is 282. The second-order valence-corrected chi connectivity index (χ2v) is 5.14. The summed E-state index contributed by atoms with van der Waals surface area (Å²) >= 11 is 4.98. The lowest BCUT2D eigenvalue weighted by Crippen LogP contribution is -2.48. The van der Waals surface area contributed by atoms with Crippen LogP contribution in [-0.4, -0.2) is 42.1 Å². The largest absolute Gasteiger partial charge is 0.392 e. The maximum atomic E-state index is 12.2. The third-order valence-electron chi connectivity index (χ3n) is 2.95. The third kappa shape index (κ3) is 4.60. The lowest BCUT2D eigenvalue weighted by molar-refractivity contribution is -0.137. The molecule has 0 rings (SSSR count). The van der Waals surface area contributed by atoms with Crippen molar-refractivity contribution in [3.8, 4) is 0 Å². The fraction of sp³-hybridized carbons (Fsp3) is 0.833. The first-order chi connectivity index (χ1) is 7.75. The Labute approximate surface area is 109 Å². The van der Waals surface area contributed by atoms with Gasteiger partial charge in [0, 0.05) is 13.6 Å². The number of carbonyl (C=O) groups excluding carboxylic acids is 1. The van der Waals surface area contributed by atoms with E-state index < -0.39 is 5.41 Å². The van der Waals surface area contributed by atoms with Gasteiger partial charge < -0.3 is 15.4 Å². The summed E-state index contributed by atoms with van der Waals surface area (Å²) in [6.45, 7) is 8.71. The number of hydrogen-bond donors (Lipinski definition) is 1. The highest BCUT2D eigenvalue weighted by Crippen LogP contribution is 2.24. The predicted octanol–water partition coefficient (Wildman–Crippen LogP) is 1.57. The minimum Gasteiger partial charge on any atom is -0.392 e. The predicted molar refractivity (Wildman–Crippen MR) is 73.9 cm³/mol. The number of ether oxygens (including phenoxy) is 1. The van der Waals surface area contributed by atoms with E-state index in [1.807, 2.05) is 20.8 Å². The monoisotopic (exact) mass is 260 g/mol. The normalized spacial score (nSPS) is 14.5. The number of likely N-dealkylation sites (N-methyl/N-ethyl adjacent to an activating group) is 1. The SMILES string of the molecule is CCC(C)(C(=O)N(C)CCOC(C)C)C(N)=S. The number of rotatable bonds is 7. The summed E-state index contributed by atoms with van der Waals surface area (Å²) in [5.41, 5.74) is 4.90. The molecule has 0 aliphatic rings. The minimum atomic E-state index is -0.748. The molecule has 1 unspecified atom stereocenters. The Balaban J connectivity index is 4.43. The Kier molecular flexibility index (Phi) is 6.64. The van der Waals surface area contributed by atoms with E-state index in [-0.39, 0.29) is 17.0 Å². The van der Waals surface area contributed by atoms with Gasteiger partial charge in [0.1, 0.15) is 0 Å². The summed E-state index contributed by atoms with van der Waals surface area (Å²) in [4.78, 5) is 14.1. The fourth-order valence-corrected chi connectivity index (χ4v) is 1.61. The summed E-state index contributed by atoms with van der Waals surface area (Å²) < 4.78 is 5.41. The van der Waals surface area contributed by atoms with Gasteiger partial charge in [0.2, 0.25) is 5.91 Å². The van der Waals surface area contributed by atoms with Gasteiger partial charge in [0.25, 0.3) is 0 Å². The summed E-state index contributed by atoms with van der Waals surface area (Å²) in [6, 6.07) is 0. The van der Waals surface area contributed by atoms with Crippen LogP contribution < -0.4 is 5.73 Å². The molecule has 0 fully saturated rings. The van der Waals surface area contributed by atoms with Crippen molar-refractivity contribution in [2.75, 3.05) is 20.2 Å². The van der Waals surface area contributed by atoms with E-state index in [1.165, 1.54) is 0 Å². The first-order valence-electron chi connectivity index (χ1n) is 5.92. The standard InChI is InChI=1S/C12H24N2O2S/c1-6-12(4,10(13)17)11(15)14(5)7-8-16-9(2)3/h9H,6-8H2,1-5H3,(H2,13,17). The molecule has 0 saturated carbocycles. The zero-order valence-corrected chi connectivity index (χ0v) is 12.3. The lowest BCUT2D eigenvalue weighted by Gasteiger charge is -2.31. The number of hydrogen-bond acceptors (Lipinski definition) is 3. The van der Waals surface area contributed by atoms with Crippen molar-refractivity contribution in [2.45, 2.75) is 40.2 Å². The second-order valence-electron chi connectivity index (χ2n) is 4.70. The van der Waals surface area contributed by atoms with E-state index in [0.29, 0.717) is 19.6 Å². The van der Waals surface area contributed by atoms with Gasteiger partial charge in [-0.05, 0) is 27.2 Å². The van der Waals surface area contributed by atoms with E-state index in [1.54, 1.807) is 18.9 Å². The van der Waals surface area contributed by atoms with Crippen LogP contribution in [0.4, 0.5) is 0 Å². The zero-order valence-electron chi connectivity index (χ0n) is 11.4. The lowest BCUT2D eigenvalue weighted by atomic mass is 9.86. The summed E-state index contributed by atoms with van der Waals surface area (Å²) in [5.74, 6) is -0.0418. The van der Waals surface area contributed by atoms with E-state index in [0.717, 1.165) is 0 Å². The molecule has 4 nitrogen and oxygen atoms in total. The average Bonchev–Trinajstić information content (AvgIpc) is 2.25. The van der Waals surface area contributed by atoms with Crippen molar-refractivity contribution in [1.29, 1.82) is 0 Å². The molecule has 5 heteroatoms. The van der Waals surface area contributed by atoms with Crippen LogP contribution in [0.3, 0.4) is 0 Å². The minimum absolute atomic E-state index is 0.0418. The van der Waals surface area contributed by atoms with Crippen molar-refractivity contribution in [3.63, 3.8) is 0 Å². The van der Waals surface area contributed by atoms with Crippen molar-refractivity contribution in [2.24, 2.45) is 11.1 Å². The molecule has 0 aromatic carbocycles. The molecule has 0 aliphatic carbocycles. The van der Waals surface area contributed by atoms with Crippen LogP contribution in [0.15, 0.2) is 0 Å². The van der Waals surface area contributed by atoms with Gasteiger partial charge in [-0.25, -0.2) is 0 Å². The summed E-state index contributed by atoms with van der Waals surface area (Å²) in [6.07, 6.45) is 0.781. The van der Waals surface area contributed by atoms with Crippen molar-refractivity contribution in [1.82, 2.24) is 4.90 Å². The molecule has 1 atom stereocenters. The first kappa shape index (κ1) is 16.3. The highest BCUT2D eigenvalue weighted by atomic mass is 32.1. The molecule has 100 valence electrons. The van der Waals surface area contributed by atoms with Crippen LogP contribution in [0.1, 0.15) is 34.1 Å². The zero-order chi connectivity index (χ0) is 13.6. The maximum Gasteiger partial charge on any atom is 0.235 e. The van der Waals surface area contributed by atoms with Gasteiger partial charge >= 0.3 is 0 Å². The number of amides is 1. The van der Waals surface area contributed by atoms with E-state index in [4.69, 9.17) is 22.7 Å². The quantitative estimate of drug-likeness (QED) is 0.706. The van der Waals surface area contributed by atoms with Crippen LogP contribution in [0.5, 0.6) is 0 Å². The van der Waals surface area contributed by atoms with Gasteiger partial charge in [-0.2, -0.15) is 0 Å². The Hall–Kier alpha value is -0.680. The molecule has 0 aliphatic heterocycles. The smallest absolute Gasteiger partial charge is 0.235 e. The van der Waals surface area contributed by atoms with Crippen molar-refractivity contribution >= 4 is 23.1 Å². The molecule has 17 heavy (non-hydrogen) atoms. The molecule has 0 aromatic rings. The molecule has 0 bridgehead atoms. The van der Waals surface area contributed by atoms with Crippen LogP contribution in [0.25, 0.3) is 0 Å². The molecule has 0 radical (unpaired) electrons. The van der Waals surface area contributed by atoms with E-state index in [9.17, 15) is 4.79 Å². The molecule has 0 aromatic heterocycles. The van der Waals surface area contributed by atoms with E-state index in [2.05, 4.69) is 0 Å². The van der Waals surface area contributed by atoms with Crippen LogP contribution in [-0.2, 0) is 9.53 Å². The van der Waals surface area contributed by atoms with Crippen LogP contribution in [0.2, 0.25) is 0 Å². The molecule has 0 saturated heterocycles. The molecule has 0 spiro atoms. The molecular formula is C12H24N2O2S. The van der Waals surface area contributed by atoms with Gasteiger partial charge in [-0.1, -0.05) is 19.1 Å². The number of carbonyl (C=O) groups is 1. The van der Waals surface area contributed by atoms with Crippen LogP contribution in [0, 0.1) is 5.41 Å². The maximum absolute atomic E-state index is 12.2. The molecular weight excluding hydrogens is 236 g/mol. The third-order valence-corrected chi connectivity index (χ3v) is 3.40. The first-order valence-corrected chi connectivity index (χ1v) is 6.33. The van der Waals surface area contributed by atoms with Gasteiger partial charge in [0.15, 0.2) is 0 Å².